The number of amides is 1. The normalized spacial score (nSPS) is 22.6. The van der Waals surface area contributed by atoms with Gasteiger partial charge in [0.15, 0.2) is 0 Å². The van der Waals surface area contributed by atoms with Gasteiger partial charge in [0.25, 0.3) is 0 Å². The highest BCUT2D eigenvalue weighted by atomic mass is 19.1. The molecular weight excluding hydrogens is 267 g/mol. The average Bonchev–Trinajstić information content (AvgIpc) is 2.66. The third kappa shape index (κ3) is 4.53. The van der Waals surface area contributed by atoms with Crippen LogP contribution in [0.4, 0.5) is 4.39 Å². The third-order valence-corrected chi connectivity index (χ3v) is 4.40. The number of hydrogen-bond donors (Lipinski definition) is 2. The van der Waals surface area contributed by atoms with Crippen LogP contribution in [0.5, 0.6) is 0 Å². The van der Waals surface area contributed by atoms with E-state index in [4.69, 9.17) is 5.73 Å². The van der Waals surface area contributed by atoms with Crippen LogP contribution in [0.1, 0.15) is 43.2 Å². The number of rotatable bonds is 4. The number of nitrogens with one attached hydrogen (secondary N) is 1. The zero-order valence-corrected chi connectivity index (χ0v) is 12.7. The van der Waals surface area contributed by atoms with Crippen molar-refractivity contribution in [3.8, 4) is 0 Å². The fourth-order valence-corrected chi connectivity index (χ4v) is 3.05. The van der Waals surface area contributed by atoms with Gasteiger partial charge in [-0.1, -0.05) is 25.3 Å². The van der Waals surface area contributed by atoms with Crippen molar-refractivity contribution in [2.24, 2.45) is 11.7 Å². The molecule has 0 radical (unpaired) electrons. The van der Waals surface area contributed by atoms with Crippen molar-refractivity contribution < 1.29 is 9.18 Å². The number of benzene rings is 1. The Morgan fingerprint density at radius 3 is 2.86 bits per heavy atom. The lowest BCUT2D eigenvalue weighted by molar-refractivity contribution is -0.125. The molecule has 1 aromatic carbocycles. The molecule has 0 spiro atoms. The molecule has 0 aromatic heterocycles. The second kappa shape index (κ2) is 7.55. The van der Waals surface area contributed by atoms with E-state index in [9.17, 15) is 9.18 Å². The number of nitrogens with two attached hydrogens (primary N) is 1. The fraction of sp³-hybridized carbons (Fsp3) is 0.588. The molecule has 3 nitrogen and oxygen atoms in total. The summed E-state index contributed by atoms with van der Waals surface area (Å²) in [6, 6.07) is 4.76. The van der Waals surface area contributed by atoms with Crippen LogP contribution in [-0.4, -0.2) is 18.5 Å². The maximum absolute atomic E-state index is 13.0. The highest BCUT2D eigenvalue weighted by Gasteiger charge is 2.26. The lowest BCUT2D eigenvalue weighted by Crippen LogP contribution is -2.41. The highest BCUT2D eigenvalue weighted by molar-refractivity contribution is 5.79. The summed E-state index contributed by atoms with van der Waals surface area (Å²) in [5, 5.41) is 2.99. The topological polar surface area (TPSA) is 55.1 Å². The van der Waals surface area contributed by atoms with E-state index < -0.39 is 0 Å². The minimum absolute atomic E-state index is 0.0138. The summed E-state index contributed by atoms with van der Waals surface area (Å²) in [7, 11) is 0. The number of carbonyl (C=O) groups is 1. The summed E-state index contributed by atoms with van der Waals surface area (Å²) >= 11 is 0. The molecule has 1 aliphatic carbocycles. The molecule has 0 saturated heterocycles. The fourth-order valence-electron chi connectivity index (χ4n) is 3.05. The van der Waals surface area contributed by atoms with Gasteiger partial charge in [0.05, 0.1) is 5.92 Å². The number of carbonyl (C=O) groups excluding carboxylic acids is 1. The number of halogens is 1. The van der Waals surface area contributed by atoms with Gasteiger partial charge >= 0.3 is 0 Å². The predicted octanol–water partition coefficient (Wildman–Crippen LogP) is 2.70. The highest BCUT2D eigenvalue weighted by Crippen LogP contribution is 2.22. The van der Waals surface area contributed by atoms with Crippen molar-refractivity contribution >= 4 is 5.91 Å². The van der Waals surface area contributed by atoms with Gasteiger partial charge in [-0.05, 0) is 49.4 Å². The molecule has 1 fully saturated rings. The van der Waals surface area contributed by atoms with Crippen molar-refractivity contribution in [1.29, 1.82) is 0 Å². The Morgan fingerprint density at radius 1 is 1.33 bits per heavy atom. The zero-order chi connectivity index (χ0) is 15.2. The SMILES string of the molecule is Cc1cc(F)ccc1CCNC(=O)C1CCCCCC1N. The molecule has 0 bridgehead atoms. The monoisotopic (exact) mass is 292 g/mol. The molecule has 116 valence electrons. The lowest BCUT2D eigenvalue weighted by Gasteiger charge is -2.20. The third-order valence-electron chi connectivity index (χ3n) is 4.40. The van der Waals surface area contributed by atoms with Crippen molar-refractivity contribution in [2.75, 3.05) is 6.54 Å². The molecule has 0 aliphatic heterocycles. The van der Waals surface area contributed by atoms with Gasteiger partial charge in [0.2, 0.25) is 5.91 Å². The summed E-state index contributed by atoms with van der Waals surface area (Å²) in [6.45, 7) is 2.47. The second-order valence-electron chi connectivity index (χ2n) is 6.02. The Bertz CT molecular complexity index is 490. The van der Waals surface area contributed by atoms with Crippen molar-refractivity contribution in [3.05, 3.63) is 35.1 Å². The van der Waals surface area contributed by atoms with Crippen molar-refractivity contribution in [1.82, 2.24) is 5.32 Å². The van der Waals surface area contributed by atoms with Crippen LogP contribution in [0.25, 0.3) is 0 Å². The van der Waals surface area contributed by atoms with Crippen LogP contribution in [0.2, 0.25) is 0 Å². The van der Waals surface area contributed by atoms with Crippen LogP contribution >= 0.6 is 0 Å². The summed E-state index contributed by atoms with van der Waals surface area (Å²) in [5.74, 6) is -0.198. The number of aryl methyl sites for hydroxylation is 1. The molecule has 4 heteroatoms. The quantitative estimate of drug-likeness (QED) is 0.838. The van der Waals surface area contributed by atoms with E-state index in [1.54, 1.807) is 6.07 Å². The first-order chi connectivity index (χ1) is 10.1. The van der Waals surface area contributed by atoms with Gasteiger partial charge in [-0.3, -0.25) is 4.79 Å². The maximum atomic E-state index is 13.0. The predicted molar refractivity (Wildman–Crippen MR) is 82.4 cm³/mol. The number of hydrogen-bond acceptors (Lipinski definition) is 2. The maximum Gasteiger partial charge on any atom is 0.224 e. The molecule has 0 heterocycles. The second-order valence-corrected chi connectivity index (χ2v) is 6.02. The van der Waals surface area contributed by atoms with Gasteiger partial charge < -0.3 is 11.1 Å². The van der Waals surface area contributed by atoms with E-state index in [2.05, 4.69) is 5.32 Å². The van der Waals surface area contributed by atoms with Gasteiger partial charge in [-0.25, -0.2) is 4.39 Å². The van der Waals surface area contributed by atoms with Gasteiger partial charge in [0.1, 0.15) is 5.82 Å². The van der Waals surface area contributed by atoms with Crippen LogP contribution in [0, 0.1) is 18.7 Å². The molecule has 21 heavy (non-hydrogen) atoms. The Morgan fingerprint density at radius 2 is 2.10 bits per heavy atom. The lowest BCUT2D eigenvalue weighted by atomic mass is 9.94. The molecule has 1 amide bonds. The van der Waals surface area contributed by atoms with Gasteiger partial charge in [-0.2, -0.15) is 0 Å². The van der Waals surface area contributed by atoms with E-state index in [0.717, 1.165) is 43.2 Å². The Kier molecular flexibility index (Phi) is 5.74. The summed E-state index contributed by atoms with van der Waals surface area (Å²) in [5.41, 5.74) is 8.10. The first kappa shape index (κ1) is 16.0. The smallest absolute Gasteiger partial charge is 0.224 e. The molecule has 2 unspecified atom stereocenters. The van der Waals surface area contributed by atoms with E-state index in [1.165, 1.54) is 18.6 Å². The zero-order valence-electron chi connectivity index (χ0n) is 12.7. The van der Waals surface area contributed by atoms with Gasteiger partial charge in [-0.15, -0.1) is 0 Å². The Hall–Kier alpha value is -1.42. The summed E-state index contributed by atoms with van der Waals surface area (Å²) in [6.07, 6.45) is 5.94. The largest absolute Gasteiger partial charge is 0.355 e. The average molecular weight is 292 g/mol. The first-order valence-electron chi connectivity index (χ1n) is 7.86. The molecule has 1 aliphatic rings. The van der Waals surface area contributed by atoms with Crippen molar-refractivity contribution in [3.63, 3.8) is 0 Å². The van der Waals surface area contributed by atoms with Crippen molar-refractivity contribution in [2.45, 2.75) is 51.5 Å². The van der Waals surface area contributed by atoms with E-state index >= 15 is 0 Å². The molecule has 3 N–H and O–H groups in total. The Balaban J connectivity index is 1.83. The van der Waals surface area contributed by atoms with E-state index in [1.807, 2.05) is 6.92 Å². The van der Waals surface area contributed by atoms with E-state index in [-0.39, 0.29) is 23.7 Å². The minimum atomic E-state index is -0.218. The molecule has 2 atom stereocenters. The van der Waals surface area contributed by atoms with E-state index in [0.29, 0.717) is 6.54 Å². The Labute approximate surface area is 126 Å². The molecular formula is C17H25FN2O. The van der Waals surface area contributed by atoms with Crippen LogP contribution < -0.4 is 11.1 Å². The molecule has 2 rings (SSSR count). The van der Waals surface area contributed by atoms with Crippen LogP contribution in [-0.2, 0) is 11.2 Å². The standard InChI is InChI=1S/C17H25FN2O/c1-12-11-14(18)8-7-13(12)9-10-20-17(21)15-5-3-2-4-6-16(15)19/h7-8,11,15-16H,2-6,9-10,19H2,1H3,(H,20,21). The molecule has 1 aromatic rings. The van der Waals surface area contributed by atoms with Crippen LogP contribution in [0.3, 0.4) is 0 Å². The summed E-state index contributed by atoms with van der Waals surface area (Å²) < 4.78 is 13.0. The van der Waals surface area contributed by atoms with Gasteiger partial charge in [0, 0.05) is 12.6 Å². The first-order valence-corrected chi connectivity index (χ1v) is 7.86. The minimum Gasteiger partial charge on any atom is -0.355 e. The molecule has 1 saturated carbocycles. The summed E-state index contributed by atoms with van der Waals surface area (Å²) in [4.78, 5) is 12.2. The van der Waals surface area contributed by atoms with Crippen LogP contribution in [0.15, 0.2) is 18.2 Å².